The van der Waals surface area contributed by atoms with Crippen molar-refractivity contribution in [2.45, 2.75) is 109 Å². The van der Waals surface area contributed by atoms with Gasteiger partial charge in [0.15, 0.2) is 0 Å². The van der Waals surface area contributed by atoms with E-state index in [0.29, 0.717) is 57.7 Å². The van der Waals surface area contributed by atoms with Crippen LogP contribution in [0.4, 0.5) is 4.39 Å². The van der Waals surface area contributed by atoms with E-state index in [1.165, 1.54) is 23.3 Å². The van der Waals surface area contributed by atoms with E-state index in [0.717, 1.165) is 50.5 Å². The Hall–Kier alpha value is -2.97. The molecule has 1 aliphatic carbocycles. The maximum absolute atomic E-state index is 14.5. The summed E-state index contributed by atoms with van der Waals surface area (Å²) in [6, 6.07) is 13.5. The zero-order valence-electron chi connectivity index (χ0n) is 27.1. The molecule has 0 heterocycles. The van der Waals surface area contributed by atoms with Crippen LogP contribution in [-0.4, -0.2) is 54.2 Å². The maximum atomic E-state index is 14.5. The summed E-state index contributed by atoms with van der Waals surface area (Å²) in [5.41, 5.74) is 8.60. The first-order valence-electron chi connectivity index (χ1n) is 16.7. The molecule has 8 heteroatoms. The summed E-state index contributed by atoms with van der Waals surface area (Å²) in [5.74, 6) is 0.0407. The SMILES string of the molecule is CCCC(CCN(CCC)C(=O)CCCC(N)=O)COc1cc(F)cc(CC[C@H](O)CNC2(c3cccc(CC)c3)CC2)c1. The van der Waals surface area contributed by atoms with Crippen molar-refractivity contribution in [1.29, 1.82) is 0 Å². The first-order chi connectivity index (χ1) is 21.2. The second-order valence-corrected chi connectivity index (χ2v) is 12.5. The van der Waals surface area contributed by atoms with Crippen LogP contribution >= 0.6 is 0 Å². The predicted octanol–water partition coefficient (Wildman–Crippen LogP) is 6.04. The number of nitrogens with zero attached hydrogens (tertiary/aromatic N) is 1. The van der Waals surface area contributed by atoms with Gasteiger partial charge in [-0.05, 0) is 92.5 Å². The molecule has 7 nitrogen and oxygen atoms in total. The molecule has 2 atom stereocenters. The minimum atomic E-state index is -0.534. The number of nitrogens with two attached hydrogens (primary N) is 1. The number of ether oxygens (including phenoxy) is 1. The standard InChI is InChI=1S/C36H54FN3O4/c1-4-9-28(16-20-40(19-5-2)35(43)13-8-12-34(38)42)26-44-33-23-29(22-31(37)24-33)14-15-32(41)25-39-36(17-18-36)30-11-7-10-27(6-3)21-30/h7,10-11,21-24,28,32,39,41H,4-6,8-9,12-20,25-26H2,1-3H3,(H2,38,42)/t28?,32-/m0/s1. The van der Waals surface area contributed by atoms with Crippen LogP contribution in [0.25, 0.3) is 0 Å². The Morgan fingerprint density at radius 1 is 1.02 bits per heavy atom. The van der Waals surface area contributed by atoms with Crippen molar-refractivity contribution < 1.29 is 23.8 Å². The number of halogens is 1. The largest absolute Gasteiger partial charge is 0.493 e. The van der Waals surface area contributed by atoms with Crippen molar-refractivity contribution in [2.75, 3.05) is 26.2 Å². The number of amides is 2. The summed E-state index contributed by atoms with van der Waals surface area (Å²) in [6.45, 7) is 8.58. The van der Waals surface area contributed by atoms with Crippen molar-refractivity contribution in [2.24, 2.45) is 11.7 Å². The fourth-order valence-electron chi connectivity index (χ4n) is 5.85. The second-order valence-electron chi connectivity index (χ2n) is 12.5. The third-order valence-corrected chi connectivity index (χ3v) is 8.66. The van der Waals surface area contributed by atoms with Crippen molar-refractivity contribution in [1.82, 2.24) is 10.2 Å². The number of primary amides is 1. The number of benzene rings is 2. The van der Waals surface area contributed by atoms with E-state index in [9.17, 15) is 19.1 Å². The lowest BCUT2D eigenvalue weighted by Gasteiger charge is -2.25. The topological polar surface area (TPSA) is 105 Å². The molecule has 1 aliphatic rings. The average Bonchev–Trinajstić information content (AvgIpc) is 3.80. The smallest absolute Gasteiger partial charge is 0.222 e. The van der Waals surface area contributed by atoms with E-state index in [1.54, 1.807) is 0 Å². The van der Waals surface area contributed by atoms with E-state index in [1.807, 2.05) is 17.9 Å². The lowest BCUT2D eigenvalue weighted by Crippen LogP contribution is -2.36. The van der Waals surface area contributed by atoms with E-state index < -0.39 is 6.10 Å². The van der Waals surface area contributed by atoms with Crippen molar-refractivity contribution in [3.8, 4) is 5.75 Å². The monoisotopic (exact) mass is 611 g/mol. The van der Waals surface area contributed by atoms with Gasteiger partial charge in [0.2, 0.25) is 11.8 Å². The van der Waals surface area contributed by atoms with Crippen LogP contribution in [0.2, 0.25) is 0 Å². The van der Waals surface area contributed by atoms with Crippen molar-refractivity contribution in [3.63, 3.8) is 0 Å². The molecule has 1 unspecified atom stereocenters. The van der Waals surface area contributed by atoms with E-state index in [2.05, 4.69) is 43.4 Å². The van der Waals surface area contributed by atoms with Gasteiger partial charge in [-0.3, -0.25) is 9.59 Å². The molecular weight excluding hydrogens is 557 g/mol. The van der Waals surface area contributed by atoms with Crippen LogP contribution in [-0.2, 0) is 28.0 Å². The van der Waals surface area contributed by atoms with Gasteiger partial charge in [-0.15, -0.1) is 0 Å². The van der Waals surface area contributed by atoms with Gasteiger partial charge in [0.05, 0.1) is 12.7 Å². The van der Waals surface area contributed by atoms with Gasteiger partial charge in [0, 0.05) is 44.1 Å². The average molecular weight is 612 g/mol. The molecule has 0 aromatic heterocycles. The molecule has 0 aliphatic heterocycles. The third-order valence-electron chi connectivity index (χ3n) is 8.66. The number of rotatable bonds is 22. The zero-order chi connectivity index (χ0) is 32.0. The molecule has 1 saturated carbocycles. The van der Waals surface area contributed by atoms with Gasteiger partial charge in [0.1, 0.15) is 11.6 Å². The van der Waals surface area contributed by atoms with Gasteiger partial charge in [-0.2, -0.15) is 0 Å². The number of hydrogen-bond acceptors (Lipinski definition) is 5. The summed E-state index contributed by atoms with van der Waals surface area (Å²) in [7, 11) is 0. The van der Waals surface area contributed by atoms with Gasteiger partial charge in [-0.1, -0.05) is 51.5 Å². The zero-order valence-corrected chi connectivity index (χ0v) is 27.1. The summed E-state index contributed by atoms with van der Waals surface area (Å²) >= 11 is 0. The van der Waals surface area contributed by atoms with Gasteiger partial charge in [0.25, 0.3) is 0 Å². The van der Waals surface area contributed by atoms with E-state index in [4.69, 9.17) is 10.5 Å². The molecule has 3 rings (SSSR count). The number of carbonyl (C=O) groups is 2. The van der Waals surface area contributed by atoms with Crippen LogP contribution in [0.5, 0.6) is 5.75 Å². The second kappa shape index (κ2) is 18.1. The van der Waals surface area contributed by atoms with Crippen LogP contribution in [0.1, 0.15) is 102 Å². The third kappa shape index (κ3) is 11.8. The van der Waals surface area contributed by atoms with Crippen molar-refractivity contribution >= 4 is 11.8 Å². The fourth-order valence-corrected chi connectivity index (χ4v) is 5.85. The Morgan fingerprint density at radius 3 is 2.50 bits per heavy atom. The number of aliphatic hydroxyl groups is 1. The molecule has 2 amide bonds. The van der Waals surface area contributed by atoms with Gasteiger partial charge < -0.3 is 25.8 Å². The molecule has 2 aromatic rings. The molecule has 1 fully saturated rings. The summed E-state index contributed by atoms with van der Waals surface area (Å²) in [5, 5.41) is 14.3. The highest BCUT2D eigenvalue weighted by molar-refractivity contribution is 5.78. The number of carbonyl (C=O) groups excluding carboxylic acids is 2. The van der Waals surface area contributed by atoms with Crippen LogP contribution in [0.3, 0.4) is 0 Å². The van der Waals surface area contributed by atoms with Crippen LogP contribution in [0.15, 0.2) is 42.5 Å². The first-order valence-corrected chi connectivity index (χ1v) is 16.7. The molecule has 244 valence electrons. The molecule has 44 heavy (non-hydrogen) atoms. The summed E-state index contributed by atoms with van der Waals surface area (Å²) < 4.78 is 20.6. The minimum absolute atomic E-state index is 0.0349. The Balaban J connectivity index is 1.48. The normalized spacial score (nSPS) is 15.0. The molecule has 0 bridgehead atoms. The van der Waals surface area contributed by atoms with Crippen LogP contribution < -0.4 is 15.8 Å². The highest BCUT2D eigenvalue weighted by Crippen LogP contribution is 2.45. The maximum Gasteiger partial charge on any atom is 0.222 e. The number of nitrogens with one attached hydrogen (secondary N) is 1. The first kappa shape index (κ1) is 35.5. The minimum Gasteiger partial charge on any atom is -0.493 e. The molecule has 0 spiro atoms. The summed E-state index contributed by atoms with van der Waals surface area (Å²) in [6.07, 6.45) is 8.29. The Labute approximate surface area is 263 Å². The van der Waals surface area contributed by atoms with Gasteiger partial charge in [-0.25, -0.2) is 4.39 Å². The van der Waals surface area contributed by atoms with Crippen molar-refractivity contribution in [3.05, 3.63) is 65.0 Å². The fraction of sp³-hybridized carbons (Fsp3) is 0.611. The molecule has 0 radical (unpaired) electrons. The molecule has 0 saturated heterocycles. The molecule has 4 N–H and O–H groups in total. The number of hydrogen-bond donors (Lipinski definition) is 3. The van der Waals surface area contributed by atoms with E-state index >= 15 is 0 Å². The molecular formula is C36H54FN3O4. The number of aliphatic hydroxyl groups excluding tert-OH is 1. The summed E-state index contributed by atoms with van der Waals surface area (Å²) in [4.78, 5) is 25.6. The lowest BCUT2D eigenvalue weighted by atomic mass is 10.00. The Bertz CT molecular complexity index is 1190. The van der Waals surface area contributed by atoms with E-state index in [-0.39, 0.29) is 35.5 Å². The van der Waals surface area contributed by atoms with Crippen LogP contribution in [0, 0.1) is 11.7 Å². The predicted molar refractivity (Wildman–Crippen MR) is 174 cm³/mol. The lowest BCUT2D eigenvalue weighted by molar-refractivity contribution is -0.131. The number of aryl methyl sites for hydroxylation is 2. The highest BCUT2D eigenvalue weighted by Gasteiger charge is 2.44. The Kier molecular flexibility index (Phi) is 14.6. The quantitative estimate of drug-likeness (QED) is 0.151. The highest BCUT2D eigenvalue weighted by atomic mass is 19.1. The molecule has 2 aromatic carbocycles. The van der Waals surface area contributed by atoms with Gasteiger partial charge >= 0.3 is 0 Å². The Morgan fingerprint density at radius 2 is 1.82 bits per heavy atom.